The Hall–Kier alpha value is -1.10. The van der Waals surface area contributed by atoms with Gasteiger partial charge in [0.15, 0.2) is 0 Å². The molecule has 1 aromatic rings. The van der Waals surface area contributed by atoms with Gasteiger partial charge in [0.05, 0.1) is 5.69 Å². The average Bonchev–Trinajstić information content (AvgIpc) is 2.07. The molecule has 2 nitrogen and oxygen atoms in total. The average molecular weight is 204 g/mol. The standard InChI is InChI=1S/C9H11F3N2/c1-6-3-2-4-14-8(6)7(5-13)9(10,11)12/h2-4,7H,5,13H2,1H3. The first kappa shape index (κ1) is 11.0. The first-order valence-corrected chi connectivity index (χ1v) is 4.15. The number of aromatic nitrogens is 1. The van der Waals surface area contributed by atoms with Crippen LogP contribution < -0.4 is 5.73 Å². The molecular weight excluding hydrogens is 193 g/mol. The third kappa shape index (κ3) is 2.23. The summed E-state index contributed by atoms with van der Waals surface area (Å²) in [5.74, 6) is -1.66. The summed E-state index contributed by atoms with van der Waals surface area (Å²) in [6.45, 7) is 1.12. The van der Waals surface area contributed by atoms with Crippen LogP contribution in [0.4, 0.5) is 13.2 Å². The number of hydrogen-bond acceptors (Lipinski definition) is 2. The van der Waals surface area contributed by atoms with Crippen LogP contribution in [0.1, 0.15) is 17.2 Å². The van der Waals surface area contributed by atoms with Crippen molar-refractivity contribution < 1.29 is 13.2 Å². The second-order valence-corrected chi connectivity index (χ2v) is 3.04. The van der Waals surface area contributed by atoms with Crippen molar-refractivity contribution in [1.29, 1.82) is 0 Å². The van der Waals surface area contributed by atoms with Crippen molar-refractivity contribution in [3.05, 3.63) is 29.6 Å². The highest BCUT2D eigenvalue weighted by molar-refractivity contribution is 5.23. The number of aryl methyl sites for hydroxylation is 1. The number of alkyl halides is 3. The lowest BCUT2D eigenvalue weighted by Crippen LogP contribution is -2.29. The molecule has 2 N–H and O–H groups in total. The Labute approximate surface area is 79.9 Å². The van der Waals surface area contributed by atoms with Gasteiger partial charge in [0.1, 0.15) is 5.92 Å². The maximum Gasteiger partial charge on any atom is 0.398 e. The Morgan fingerprint density at radius 2 is 2.14 bits per heavy atom. The van der Waals surface area contributed by atoms with Gasteiger partial charge in [0.25, 0.3) is 0 Å². The molecule has 14 heavy (non-hydrogen) atoms. The molecule has 0 radical (unpaired) electrons. The molecule has 78 valence electrons. The zero-order chi connectivity index (χ0) is 10.8. The summed E-state index contributed by atoms with van der Waals surface area (Å²) >= 11 is 0. The molecule has 0 aliphatic carbocycles. The lowest BCUT2D eigenvalue weighted by Gasteiger charge is -2.19. The molecule has 1 rings (SSSR count). The molecule has 0 aromatic carbocycles. The van der Waals surface area contributed by atoms with Crippen molar-refractivity contribution in [2.24, 2.45) is 5.73 Å². The molecule has 5 heteroatoms. The summed E-state index contributed by atoms with van der Waals surface area (Å²) < 4.78 is 37.4. The van der Waals surface area contributed by atoms with Crippen molar-refractivity contribution in [3.63, 3.8) is 0 Å². The van der Waals surface area contributed by atoms with Crippen LogP contribution in [0.5, 0.6) is 0 Å². The van der Waals surface area contributed by atoms with E-state index < -0.39 is 18.6 Å². The van der Waals surface area contributed by atoms with E-state index >= 15 is 0 Å². The summed E-state index contributed by atoms with van der Waals surface area (Å²) in [7, 11) is 0. The minimum absolute atomic E-state index is 0.0162. The lowest BCUT2D eigenvalue weighted by molar-refractivity contribution is -0.149. The van der Waals surface area contributed by atoms with E-state index in [2.05, 4.69) is 4.98 Å². The Morgan fingerprint density at radius 3 is 2.57 bits per heavy atom. The van der Waals surface area contributed by atoms with Crippen molar-refractivity contribution in [2.75, 3.05) is 6.54 Å². The zero-order valence-electron chi connectivity index (χ0n) is 7.67. The molecule has 1 heterocycles. The molecule has 0 amide bonds. The van der Waals surface area contributed by atoms with Crippen molar-refractivity contribution in [1.82, 2.24) is 4.98 Å². The molecule has 0 spiro atoms. The normalized spacial score (nSPS) is 14.1. The molecule has 0 bridgehead atoms. The molecule has 0 fully saturated rings. The minimum atomic E-state index is -4.33. The fourth-order valence-corrected chi connectivity index (χ4v) is 1.26. The van der Waals surface area contributed by atoms with E-state index in [-0.39, 0.29) is 5.69 Å². The highest BCUT2D eigenvalue weighted by Gasteiger charge is 2.41. The van der Waals surface area contributed by atoms with Gasteiger partial charge in [-0.15, -0.1) is 0 Å². The van der Waals surface area contributed by atoms with Crippen LogP contribution in [0, 0.1) is 6.92 Å². The molecule has 0 aliphatic rings. The van der Waals surface area contributed by atoms with Crippen LogP contribution in [-0.2, 0) is 0 Å². The van der Waals surface area contributed by atoms with Gasteiger partial charge >= 0.3 is 6.18 Å². The molecule has 1 aromatic heterocycles. The fraction of sp³-hybridized carbons (Fsp3) is 0.444. The van der Waals surface area contributed by atoms with Crippen molar-refractivity contribution in [2.45, 2.75) is 19.0 Å². The van der Waals surface area contributed by atoms with E-state index in [1.165, 1.54) is 6.20 Å². The monoisotopic (exact) mass is 204 g/mol. The smallest absolute Gasteiger partial charge is 0.329 e. The second-order valence-electron chi connectivity index (χ2n) is 3.04. The summed E-state index contributed by atoms with van der Waals surface area (Å²) in [6, 6.07) is 3.19. The third-order valence-electron chi connectivity index (χ3n) is 2.01. The van der Waals surface area contributed by atoms with Crippen LogP contribution in [0.25, 0.3) is 0 Å². The van der Waals surface area contributed by atoms with Crippen LogP contribution in [-0.4, -0.2) is 17.7 Å². The Bertz CT molecular complexity index is 309. The van der Waals surface area contributed by atoms with Gasteiger partial charge in [-0.1, -0.05) is 6.07 Å². The largest absolute Gasteiger partial charge is 0.398 e. The Morgan fingerprint density at radius 1 is 1.50 bits per heavy atom. The van der Waals surface area contributed by atoms with E-state index in [4.69, 9.17) is 5.73 Å². The van der Waals surface area contributed by atoms with E-state index in [1.807, 2.05) is 0 Å². The van der Waals surface area contributed by atoms with Crippen LogP contribution in [0.15, 0.2) is 18.3 Å². The van der Waals surface area contributed by atoms with E-state index in [0.717, 1.165) is 0 Å². The molecule has 0 aliphatic heterocycles. The predicted molar refractivity (Wildman–Crippen MR) is 46.8 cm³/mol. The quantitative estimate of drug-likeness (QED) is 0.800. The van der Waals surface area contributed by atoms with E-state index in [1.54, 1.807) is 19.1 Å². The predicted octanol–water partition coefficient (Wildman–Crippen LogP) is 1.99. The number of nitrogens with zero attached hydrogens (tertiary/aromatic N) is 1. The number of hydrogen-bond donors (Lipinski definition) is 1. The minimum Gasteiger partial charge on any atom is -0.329 e. The summed E-state index contributed by atoms with van der Waals surface area (Å²) in [4.78, 5) is 3.72. The SMILES string of the molecule is Cc1cccnc1C(CN)C(F)(F)F. The number of halogens is 3. The molecule has 0 saturated heterocycles. The third-order valence-corrected chi connectivity index (χ3v) is 2.01. The van der Waals surface area contributed by atoms with Gasteiger partial charge in [-0.2, -0.15) is 13.2 Å². The van der Waals surface area contributed by atoms with E-state index in [9.17, 15) is 13.2 Å². The van der Waals surface area contributed by atoms with Crippen molar-refractivity contribution in [3.8, 4) is 0 Å². The highest BCUT2D eigenvalue weighted by Crippen LogP contribution is 2.33. The van der Waals surface area contributed by atoms with Crippen LogP contribution >= 0.6 is 0 Å². The van der Waals surface area contributed by atoms with Gasteiger partial charge < -0.3 is 5.73 Å². The van der Waals surface area contributed by atoms with Gasteiger partial charge in [0, 0.05) is 12.7 Å². The number of pyridine rings is 1. The van der Waals surface area contributed by atoms with Crippen LogP contribution in [0.2, 0.25) is 0 Å². The first-order chi connectivity index (χ1) is 6.46. The highest BCUT2D eigenvalue weighted by atomic mass is 19.4. The summed E-state index contributed by atoms with van der Waals surface area (Å²) in [6.07, 6.45) is -2.98. The number of nitrogens with two attached hydrogens (primary N) is 1. The van der Waals surface area contributed by atoms with Gasteiger partial charge in [0.2, 0.25) is 0 Å². The van der Waals surface area contributed by atoms with Crippen molar-refractivity contribution >= 4 is 0 Å². The molecule has 0 saturated carbocycles. The topological polar surface area (TPSA) is 38.9 Å². The van der Waals surface area contributed by atoms with Gasteiger partial charge in [-0.3, -0.25) is 4.98 Å². The maximum absolute atomic E-state index is 12.5. The molecule has 1 atom stereocenters. The van der Waals surface area contributed by atoms with E-state index in [0.29, 0.717) is 5.56 Å². The molecule has 1 unspecified atom stereocenters. The zero-order valence-corrected chi connectivity index (χ0v) is 7.67. The first-order valence-electron chi connectivity index (χ1n) is 4.15. The maximum atomic E-state index is 12.5. The number of rotatable bonds is 2. The lowest BCUT2D eigenvalue weighted by atomic mass is 10.0. The summed E-state index contributed by atoms with van der Waals surface area (Å²) in [5.41, 5.74) is 5.63. The van der Waals surface area contributed by atoms with Gasteiger partial charge in [-0.25, -0.2) is 0 Å². The Balaban J connectivity index is 3.08. The van der Waals surface area contributed by atoms with Gasteiger partial charge in [-0.05, 0) is 18.6 Å². The molecular formula is C9H11F3N2. The summed E-state index contributed by atoms with van der Waals surface area (Å²) in [5, 5.41) is 0. The second kappa shape index (κ2) is 3.96. The fourth-order valence-electron chi connectivity index (χ4n) is 1.26. The Kier molecular flexibility index (Phi) is 3.10. The van der Waals surface area contributed by atoms with Crippen LogP contribution in [0.3, 0.4) is 0 Å².